The molecule has 0 amide bonds. The molecule has 2 rings (SSSR count). The molecule has 0 bridgehead atoms. The summed E-state index contributed by atoms with van der Waals surface area (Å²) in [6.07, 6.45) is 1.85. The molecule has 0 aliphatic carbocycles. The van der Waals surface area contributed by atoms with E-state index in [1.807, 2.05) is 25.3 Å². The average Bonchev–Trinajstić information content (AvgIpc) is 2.71. The van der Waals surface area contributed by atoms with Crippen molar-refractivity contribution in [3.05, 3.63) is 28.4 Å². The predicted molar refractivity (Wildman–Crippen MR) is 64.4 cm³/mol. The number of fused-ring (bicyclic) bond motifs is 1. The number of aryl methyl sites for hydroxylation is 1. The van der Waals surface area contributed by atoms with E-state index in [-0.39, 0.29) is 5.97 Å². The van der Waals surface area contributed by atoms with Crippen molar-refractivity contribution in [1.29, 1.82) is 0 Å². The Morgan fingerprint density at radius 1 is 1.56 bits per heavy atom. The largest absolute Gasteiger partial charge is 0.465 e. The minimum absolute atomic E-state index is 0.354. The summed E-state index contributed by atoms with van der Waals surface area (Å²) < 4.78 is 7.28. The molecule has 0 fully saturated rings. The van der Waals surface area contributed by atoms with Crippen LogP contribution in [0.15, 0.2) is 22.8 Å². The summed E-state index contributed by atoms with van der Waals surface area (Å²) in [4.78, 5) is 11.7. The van der Waals surface area contributed by atoms with Crippen molar-refractivity contribution in [2.45, 2.75) is 13.5 Å². The molecule has 4 nitrogen and oxygen atoms in total. The topological polar surface area (TPSA) is 44.1 Å². The summed E-state index contributed by atoms with van der Waals surface area (Å²) in [5, 5.41) is 5.15. The van der Waals surface area contributed by atoms with Gasteiger partial charge < -0.3 is 4.74 Å². The Balaban J connectivity index is 2.73. The van der Waals surface area contributed by atoms with Crippen LogP contribution in [0.2, 0.25) is 0 Å². The van der Waals surface area contributed by atoms with Gasteiger partial charge in [0.05, 0.1) is 18.2 Å². The van der Waals surface area contributed by atoms with Crippen molar-refractivity contribution in [2.75, 3.05) is 7.11 Å². The molecule has 0 N–H and O–H groups in total. The van der Waals surface area contributed by atoms with Crippen LogP contribution in [0.1, 0.15) is 17.3 Å². The second-order valence-corrected chi connectivity index (χ2v) is 4.19. The van der Waals surface area contributed by atoms with Gasteiger partial charge in [-0.25, -0.2) is 4.79 Å². The molecule has 84 valence electrons. The van der Waals surface area contributed by atoms with Gasteiger partial charge in [0.1, 0.15) is 0 Å². The number of carbonyl (C=O) groups is 1. The number of hydrogen-bond donors (Lipinski definition) is 0. The van der Waals surface area contributed by atoms with E-state index in [0.717, 1.165) is 21.9 Å². The zero-order valence-electron chi connectivity index (χ0n) is 9.03. The molecule has 0 spiro atoms. The highest BCUT2D eigenvalue weighted by molar-refractivity contribution is 9.10. The van der Waals surface area contributed by atoms with Crippen LogP contribution in [0.5, 0.6) is 0 Å². The zero-order chi connectivity index (χ0) is 11.7. The number of halogens is 1. The first-order chi connectivity index (χ1) is 7.67. The van der Waals surface area contributed by atoms with Crippen molar-refractivity contribution < 1.29 is 9.53 Å². The Hall–Kier alpha value is -1.36. The molecule has 1 aromatic carbocycles. The summed E-state index contributed by atoms with van der Waals surface area (Å²) >= 11 is 3.35. The predicted octanol–water partition coefficient (Wildman–Crippen LogP) is 2.61. The lowest BCUT2D eigenvalue weighted by Crippen LogP contribution is -2.02. The number of esters is 1. The Labute approximate surface area is 101 Å². The number of benzene rings is 1. The third-order valence-corrected chi connectivity index (χ3v) is 3.06. The van der Waals surface area contributed by atoms with Gasteiger partial charge in [0.25, 0.3) is 0 Å². The summed E-state index contributed by atoms with van der Waals surface area (Å²) in [6.45, 7) is 2.77. The maximum Gasteiger partial charge on any atom is 0.339 e. The number of ether oxygens (including phenoxy) is 1. The van der Waals surface area contributed by atoms with Gasteiger partial charge in [0.2, 0.25) is 0 Å². The van der Waals surface area contributed by atoms with E-state index < -0.39 is 0 Å². The quantitative estimate of drug-likeness (QED) is 0.796. The molecule has 1 aromatic heterocycles. The van der Waals surface area contributed by atoms with E-state index >= 15 is 0 Å². The molecule has 0 unspecified atom stereocenters. The molecular weight excluding hydrogens is 272 g/mol. The fraction of sp³-hybridized carbons (Fsp3) is 0.273. The lowest BCUT2D eigenvalue weighted by molar-refractivity contribution is 0.0602. The van der Waals surface area contributed by atoms with E-state index in [1.54, 1.807) is 4.68 Å². The van der Waals surface area contributed by atoms with Gasteiger partial charge in [-0.3, -0.25) is 4.68 Å². The third kappa shape index (κ3) is 1.71. The highest BCUT2D eigenvalue weighted by Crippen LogP contribution is 2.26. The molecule has 0 aliphatic heterocycles. The van der Waals surface area contributed by atoms with E-state index in [0.29, 0.717) is 5.56 Å². The first-order valence-electron chi connectivity index (χ1n) is 4.91. The van der Waals surface area contributed by atoms with E-state index in [9.17, 15) is 4.79 Å². The van der Waals surface area contributed by atoms with Crippen molar-refractivity contribution in [2.24, 2.45) is 0 Å². The van der Waals surface area contributed by atoms with Crippen LogP contribution in [0.4, 0.5) is 0 Å². The van der Waals surface area contributed by atoms with E-state index in [4.69, 9.17) is 4.74 Å². The van der Waals surface area contributed by atoms with Gasteiger partial charge in [0, 0.05) is 22.6 Å². The molecular formula is C11H11BrN2O2. The monoisotopic (exact) mass is 282 g/mol. The summed E-state index contributed by atoms with van der Waals surface area (Å²) in [5.74, 6) is -0.354. The van der Waals surface area contributed by atoms with Crippen LogP contribution in [0.3, 0.4) is 0 Å². The Morgan fingerprint density at radius 3 is 2.94 bits per heavy atom. The number of aromatic nitrogens is 2. The summed E-state index contributed by atoms with van der Waals surface area (Å²) in [7, 11) is 1.37. The maximum atomic E-state index is 11.7. The molecule has 0 radical (unpaired) electrons. The molecule has 2 aromatic rings. The van der Waals surface area contributed by atoms with Gasteiger partial charge >= 0.3 is 5.97 Å². The number of nitrogens with zero attached hydrogens (tertiary/aromatic N) is 2. The minimum atomic E-state index is -0.354. The Morgan fingerprint density at radius 2 is 2.31 bits per heavy atom. The Kier molecular flexibility index (Phi) is 2.96. The van der Waals surface area contributed by atoms with Crippen LogP contribution < -0.4 is 0 Å². The van der Waals surface area contributed by atoms with Crippen LogP contribution >= 0.6 is 15.9 Å². The van der Waals surface area contributed by atoms with Crippen molar-refractivity contribution >= 4 is 32.8 Å². The fourth-order valence-electron chi connectivity index (χ4n) is 1.59. The number of hydrogen-bond acceptors (Lipinski definition) is 3. The average molecular weight is 283 g/mol. The minimum Gasteiger partial charge on any atom is -0.465 e. The summed E-state index contributed by atoms with van der Waals surface area (Å²) in [6, 6.07) is 3.68. The lowest BCUT2D eigenvalue weighted by Gasteiger charge is -2.02. The van der Waals surface area contributed by atoms with Crippen LogP contribution in [0, 0.1) is 0 Å². The number of methoxy groups -OCH3 is 1. The first-order valence-corrected chi connectivity index (χ1v) is 5.70. The Bertz CT molecular complexity index is 548. The molecule has 1 heterocycles. The third-order valence-electron chi connectivity index (χ3n) is 2.40. The van der Waals surface area contributed by atoms with Crippen LogP contribution in [-0.2, 0) is 11.3 Å². The highest BCUT2D eigenvalue weighted by atomic mass is 79.9. The maximum absolute atomic E-state index is 11.7. The van der Waals surface area contributed by atoms with E-state index in [1.165, 1.54) is 7.11 Å². The van der Waals surface area contributed by atoms with E-state index in [2.05, 4.69) is 21.0 Å². The lowest BCUT2D eigenvalue weighted by atomic mass is 10.1. The van der Waals surface area contributed by atoms with Crippen LogP contribution in [0.25, 0.3) is 10.9 Å². The molecule has 0 atom stereocenters. The fourth-order valence-corrected chi connectivity index (χ4v) is 2.10. The second-order valence-electron chi connectivity index (χ2n) is 3.33. The second kappa shape index (κ2) is 4.25. The smallest absolute Gasteiger partial charge is 0.339 e. The molecule has 5 heteroatoms. The van der Waals surface area contributed by atoms with Gasteiger partial charge in [-0.15, -0.1) is 0 Å². The number of carbonyl (C=O) groups excluding carboxylic acids is 1. The molecule has 0 saturated heterocycles. The van der Waals surface area contributed by atoms with Gasteiger partial charge in [-0.05, 0) is 35.0 Å². The van der Waals surface area contributed by atoms with Crippen LogP contribution in [-0.4, -0.2) is 22.9 Å². The molecule has 0 aliphatic rings. The zero-order valence-corrected chi connectivity index (χ0v) is 10.6. The van der Waals surface area contributed by atoms with Gasteiger partial charge in [0.15, 0.2) is 0 Å². The molecule has 16 heavy (non-hydrogen) atoms. The van der Waals surface area contributed by atoms with Gasteiger partial charge in [-0.1, -0.05) is 0 Å². The highest BCUT2D eigenvalue weighted by Gasteiger charge is 2.16. The first kappa shape index (κ1) is 11.1. The SMILES string of the molecule is CCn1cc2c(C(=O)OC)c(Br)ccc2n1. The number of rotatable bonds is 2. The molecule has 0 saturated carbocycles. The van der Waals surface area contributed by atoms with Crippen molar-refractivity contribution in [1.82, 2.24) is 9.78 Å². The van der Waals surface area contributed by atoms with Crippen molar-refractivity contribution in [3.63, 3.8) is 0 Å². The summed E-state index contributed by atoms with van der Waals surface area (Å²) in [5.41, 5.74) is 1.32. The van der Waals surface area contributed by atoms with Crippen molar-refractivity contribution in [3.8, 4) is 0 Å². The normalized spacial score (nSPS) is 10.7. The van der Waals surface area contributed by atoms with Gasteiger partial charge in [-0.2, -0.15) is 5.10 Å². The standard InChI is InChI=1S/C11H11BrN2O2/c1-3-14-6-7-9(13-14)5-4-8(12)10(7)11(15)16-2/h4-6H,3H2,1-2H3.